The van der Waals surface area contributed by atoms with Gasteiger partial charge in [0.1, 0.15) is 5.52 Å². The van der Waals surface area contributed by atoms with Crippen LogP contribution in [0.3, 0.4) is 0 Å². The fourth-order valence-corrected chi connectivity index (χ4v) is 1.81. The highest BCUT2D eigenvalue weighted by Crippen LogP contribution is 2.15. The molecule has 0 saturated carbocycles. The normalized spacial score (nSPS) is 11.1. The van der Waals surface area contributed by atoms with E-state index in [4.69, 9.17) is 5.73 Å². The summed E-state index contributed by atoms with van der Waals surface area (Å²) in [5, 5.41) is 0. The Labute approximate surface area is 94.5 Å². The number of nitrogen functional groups attached to an aromatic ring is 1. The highest BCUT2D eigenvalue weighted by Gasteiger charge is 2.07. The van der Waals surface area contributed by atoms with Gasteiger partial charge >= 0.3 is 0 Å². The summed E-state index contributed by atoms with van der Waals surface area (Å²) in [7, 11) is 0. The van der Waals surface area contributed by atoms with Gasteiger partial charge in [-0.1, -0.05) is 26.2 Å². The quantitative estimate of drug-likeness (QED) is 0.754. The minimum Gasteiger partial charge on any atom is -0.368 e. The maximum absolute atomic E-state index is 5.64. The number of hydrogen-bond donors (Lipinski definition) is 2. The van der Waals surface area contributed by atoms with Crippen molar-refractivity contribution in [3.05, 3.63) is 12.0 Å². The maximum atomic E-state index is 5.64. The van der Waals surface area contributed by atoms with E-state index in [-0.39, 0.29) is 0 Å². The molecule has 2 rings (SSSR count). The average molecular weight is 219 g/mol. The summed E-state index contributed by atoms with van der Waals surface area (Å²) in [5.74, 6) is 0.310. The van der Waals surface area contributed by atoms with E-state index in [1.165, 1.54) is 19.3 Å². The Balaban J connectivity index is 2.12. The molecule has 0 aromatic carbocycles. The topological polar surface area (TPSA) is 80.5 Å². The molecule has 3 N–H and O–H groups in total. The minimum absolute atomic E-state index is 0.310. The van der Waals surface area contributed by atoms with Gasteiger partial charge < -0.3 is 10.7 Å². The standard InChI is InChI=1S/C11H17N5/c1-2-3-4-5-6-8-9-10(14-7-13-9)16-11(12)15-8/h7H,2-6H2,1H3,(H3,12,13,14,15,16). The molecule has 0 saturated heterocycles. The van der Waals surface area contributed by atoms with Crippen molar-refractivity contribution in [2.24, 2.45) is 0 Å². The highest BCUT2D eigenvalue weighted by molar-refractivity contribution is 5.73. The molecule has 2 aromatic rings. The Kier molecular flexibility index (Phi) is 3.34. The van der Waals surface area contributed by atoms with E-state index in [1.807, 2.05) is 0 Å². The summed E-state index contributed by atoms with van der Waals surface area (Å²) >= 11 is 0. The second kappa shape index (κ2) is 4.92. The highest BCUT2D eigenvalue weighted by atomic mass is 15.1. The molecule has 0 atom stereocenters. The number of nitrogens with two attached hydrogens (primary N) is 1. The van der Waals surface area contributed by atoms with Crippen LogP contribution in [0.4, 0.5) is 5.95 Å². The molecule has 2 heterocycles. The lowest BCUT2D eigenvalue weighted by Gasteiger charge is -2.02. The van der Waals surface area contributed by atoms with Gasteiger partial charge in [0.25, 0.3) is 0 Å². The van der Waals surface area contributed by atoms with E-state index in [0.717, 1.165) is 24.1 Å². The molecule has 0 aliphatic heterocycles. The summed E-state index contributed by atoms with van der Waals surface area (Å²) in [4.78, 5) is 15.5. The first-order chi connectivity index (χ1) is 7.81. The molecule has 5 heteroatoms. The number of fused-ring (bicyclic) bond motifs is 1. The van der Waals surface area contributed by atoms with Crippen LogP contribution < -0.4 is 5.73 Å². The van der Waals surface area contributed by atoms with Crippen LogP contribution in [0.5, 0.6) is 0 Å². The van der Waals surface area contributed by atoms with Crippen molar-refractivity contribution in [1.82, 2.24) is 19.9 Å². The number of aryl methyl sites for hydroxylation is 1. The van der Waals surface area contributed by atoms with Crippen molar-refractivity contribution in [3.63, 3.8) is 0 Å². The third-order valence-corrected chi connectivity index (χ3v) is 2.65. The zero-order valence-corrected chi connectivity index (χ0v) is 9.53. The Hall–Kier alpha value is -1.65. The summed E-state index contributed by atoms with van der Waals surface area (Å²) in [6, 6.07) is 0. The predicted octanol–water partition coefficient (Wildman–Crippen LogP) is 2.06. The summed E-state index contributed by atoms with van der Waals surface area (Å²) in [5.41, 5.74) is 8.21. The number of H-pyrrole nitrogens is 1. The van der Waals surface area contributed by atoms with Gasteiger partial charge in [-0.2, -0.15) is 4.98 Å². The van der Waals surface area contributed by atoms with Gasteiger partial charge in [0, 0.05) is 0 Å². The van der Waals surface area contributed by atoms with Crippen molar-refractivity contribution >= 4 is 17.1 Å². The number of anilines is 1. The van der Waals surface area contributed by atoms with Crippen molar-refractivity contribution in [2.45, 2.75) is 39.0 Å². The first-order valence-corrected chi connectivity index (χ1v) is 5.76. The van der Waals surface area contributed by atoms with E-state index < -0.39 is 0 Å². The summed E-state index contributed by atoms with van der Waals surface area (Å²) in [6.45, 7) is 2.20. The lowest BCUT2D eigenvalue weighted by Crippen LogP contribution is -2.01. The first kappa shape index (κ1) is 10.9. The van der Waals surface area contributed by atoms with Gasteiger partial charge in [-0.25, -0.2) is 9.97 Å². The zero-order chi connectivity index (χ0) is 11.4. The van der Waals surface area contributed by atoms with E-state index in [2.05, 4.69) is 26.9 Å². The van der Waals surface area contributed by atoms with Crippen molar-refractivity contribution in [2.75, 3.05) is 5.73 Å². The number of hydrogen-bond acceptors (Lipinski definition) is 4. The van der Waals surface area contributed by atoms with Crippen LogP contribution in [-0.2, 0) is 6.42 Å². The number of unbranched alkanes of at least 4 members (excludes halogenated alkanes) is 3. The molecule has 0 aliphatic rings. The molecular formula is C11H17N5. The number of nitrogens with one attached hydrogen (secondary N) is 1. The fraction of sp³-hybridized carbons (Fsp3) is 0.545. The number of aromatic nitrogens is 4. The van der Waals surface area contributed by atoms with E-state index >= 15 is 0 Å². The summed E-state index contributed by atoms with van der Waals surface area (Å²) < 4.78 is 0. The van der Waals surface area contributed by atoms with Crippen LogP contribution in [0.2, 0.25) is 0 Å². The van der Waals surface area contributed by atoms with Crippen LogP contribution in [0.25, 0.3) is 11.2 Å². The van der Waals surface area contributed by atoms with Crippen LogP contribution in [0.1, 0.15) is 38.3 Å². The molecule has 0 spiro atoms. The Morgan fingerprint density at radius 2 is 2.12 bits per heavy atom. The third-order valence-electron chi connectivity index (χ3n) is 2.65. The first-order valence-electron chi connectivity index (χ1n) is 5.76. The molecular weight excluding hydrogens is 202 g/mol. The predicted molar refractivity (Wildman–Crippen MR) is 63.9 cm³/mol. The smallest absolute Gasteiger partial charge is 0.222 e. The molecule has 0 unspecified atom stereocenters. The minimum atomic E-state index is 0.310. The fourth-order valence-electron chi connectivity index (χ4n) is 1.81. The van der Waals surface area contributed by atoms with Crippen molar-refractivity contribution in [1.29, 1.82) is 0 Å². The van der Waals surface area contributed by atoms with Gasteiger partial charge in [0.2, 0.25) is 5.95 Å². The largest absolute Gasteiger partial charge is 0.368 e. The van der Waals surface area contributed by atoms with Crippen molar-refractivity contribution < 1.29 is 0 Å². The summed E-state index contributed by atoms with van der Waals surface area (Å²) in [6.07, 6.45) is 7.45. The molecule has 0 amide bonds. The maximum Gasteiger partial charge on any atom is 0.222 e. The van der Waals surface area contributed by atoms with Crippen molar-refractivity contribution in [3.8, 4) is 0 Å². The molecule has 0 radical (unpaired) electrons. The molecule has 16 heavy (non-hydrogen) atoms. The van der Waals surface area contributed by atoms with E-state index in [9.17, 15) is 0 Å². The molecule has 86 valence electrons. The SMILES string of the molecule is CCCCCCc1nc(N)nc2nc[nH]c12. The van der Waals surface area contributed by atoms with Gasteiger partial charge in [-0.15, -0.1) is 0 Å². The Morgan fingerprint density at radius 3 is 2.94 bits per heavy atom. The Bertz CT molecular complexity index is 462. The van der Waals surface area contributed by atoms with Gasteiger partial charge in [-0.05, 0) is 12.8 Å². The molecule has 0 aliphatic carbocycles. The van der Waals surface area contributed by atoms with Crippen LogP contribution >= 0.6 is 0 Å². The molecule has 0 bridgehead atoms. The zero-order valence-electron chi connectivity index (χ0n) is 9.53. The second-order valence-corrected chi connectivity index (χ2v) is 3.94. The lowest BCUT2D eigenvalue weighted by atomic mass is 10.1. The number of imidazole rings is 1. The number of aromatic amines is 1. The van der Waals surface area contributed by atoms with Crippen LogP contribution in [0, 0.1) is 0 Å². The van der Waals surface area contributed by atoms with E-state index in [1.54, 1.807) is 6.33 Å². The van der Waals surface area contributed by atoms with Gasteiger partial charge in [0.05, 0.1) is 12.0 Å². The average Bonchev–Trinajstić information content (AvgIpc) is 2.72. The van der Waals surface area contributed by atoms with Crippen LogP contribution in [-0.4, -0.2) is 19.9 Å². The van der Waals surface area contributed by atoms with Crippen LogP contribution in [0.15, 0.2) is 6.33 Å². The van der Waals surface area contributed by atoms with E-state index in [0.29, 0.717) is 11.6 Å². The third kappa shape index (κ3) is 2.29. The molecule has 2 aromatic heterocycles. The Morgan fingerprint density at radius 1 is 1.25 bits per heavy atom. The number of nitrogens with zero attached hydrogens (tertiary/aromatic N) is 3. The van der Waals surface area contributed by atoms with Gasteiger partial charge in [-0.3, -0.25) is 0 Å². The molecule has 0 fully saturated rings. The lowest BCUT2D eigenvalue weighted by molar-refractivity contribution is 0.662. The second-order valence-electron chi connectivity index (χ2n) is 3.94. The molecule has 5 nitrogen and oxygen atoms in total. The number of rotatable bonds is 5. The van der Waals surface area contributed by atoms with Gasteiger partial charge in [0.15, 0.2) is 5.65 Å². The monoisotopic (exact) mass is 219 g/mol.